The first-order valence-corrected chi connectivity index (χ1v) is 4.61. The van der Waals surface area contributed by atoms with Crippen LogP contribution >= 0.6 is 0 Å². The number of nitrogens with one attached hydrogen (secondary N) is 1. The monoisotopic (exact) mass is 227 g/mol. The van der Waals surface area contributed by atoms with Crippen LogP contribution in [0.3, 0.4) is 0 Å². The van der Waals surface area contributed by atoms with Gasteiger partial charge in [-0.3, -0.25) is 10.1 Å². The summed E-state index contributed by atoms with van der Waals surface area (Å²) in [6, 6.07) is 2.79. The van der Waals surface area contributed by atoms with E-state index in [4.69, 9.17) is 9.47 Å². The fourth-order valence-corrected chi connectivity index (χ4v) is 1.10. The summed E-state index contributed by atoms with van der Waals surface area (Å²) in [7, 11) is 3.00. The Morgan fingerprint density at radius 3 is 2.81 bits per heavy atom. The second-order valence-corrected chi connectivity index (χ2v) is 2.90. The average Bonchev–Trinajstić information content (AvgIpc) is 2.29. The number of nitrogens with zero attached hydrogens (tertiary/aromatic N) is 2. The number of hydrogen-bond donors (Lipinski definition) is 1. The van der Waals surface area contributed by atoms with Gasteiger partial charge in [0.05, 0.1) is 18.6 Å². The van der Waals surface area contributed by atoms with E-state index < -0.39 is 4.92 Å². The lowest BCUT2D eigenvalue weighted by Crippen LogP contribution is -2.10. The zero-order valence-electron chi connectivity index (χ0n) is 9.10. The lowest BCUT2D eigenvalue weighted by molar-refractivity contribution is -0.384. The van der Waals surface area contributed by atoms with Gasteiger partial charge in [0.1, 0.15) is 0 Å². The van der Waals surface area contributed by atoms with E-state index in [1.165, 1.54) is 19.2 Å². The molecule has 0 saturated heterocycles. The predicted octanol–water partition coefficient (Wildman–Crippen LogP) is 1.06. The molecule has 0 fully saturated rings. The van der Waals surface area contributed by atoms with E-state index in [0.29, 0.717) is 19.0 Å². The molecule has 0 aliphatic carbocycles. The van der Waals surface area contributed by atoms with Crippen LogP contribution in [0.25, 0.3) is 0 Å². The van der Waals surface area contributed by atoms with Gasteiger partial charge in [-0.2, -0.15) is 4.98 Å². The van der Waals surface area contributed by atoms with Crippen molar-refractivity contribution in [3.8, 4) is 5.88 Å². The van der Waals surface area contributed by atoms with E-state index in [1.54, 1.807) is 7.11 Å². The first-order chi connectivity index (χ1) is 7.69. The number of hydrogen-bond acceptors (Lipinski definition) is 6. The van der Waals surface area contributed by atoms with Crippen LogP contribution in [0.15, 0.2) is 12.1 Å². The summed E-state index contributed by atoms with van der Waals surface area (Å²) < 4.78 is 9.72. The Hall–Kier alpha value is -1.89. The van der Waals surface area contributed by atoms with Gasteiger partial charge in [0.2, 0.25) is 11.7 Å². The molecule has 1 rings (SSSR count). The maximum Gasteiger partial charge on any atom is 0.311 e. The Balaban J connectivity index is 2.87. The summed E-state index contributed by atoms with van der Waals surface area (Å²) in [5, 5.41) is 13.5. The summed E-state index contributed by atoms with van der Waals surface area (Å²) in [6.45, 7) is 0.882. The van der Waals surface area contributed by atoms with Crippen molar-refractivity contribution in [2.24, 2.45) is 0 Å². The van der Waals surface area contributed by atoms with Crippen molar-refractivity contribution in [3.05, 3.63) is 22.2 Å². The van der Waals surface area contributed by atoms with Crippen molar-refractivity contribution in [1.82, 2.24) is 4.98 Å². The second kappa shape index (κ2) is 5.86. The van der Waals surface area contributed by atoms with Crippen LogP contribution in [-0.2, 0) is 4.74 Å². The molecule has 1 heterocycles. The average molecular weight is 227 g/mol. The molecule has 0 aromatic carbocycles. The van der Waals surface area contributed by atoms with Crippen LogP contribution in [-0.4, -0.2) is 37.3 Å². The molecule has 0 atom stereocenters. The Morgan fingerprint density at radius 1 is 1.50 bits per heavy atom. The maximum absolute atomic E-state index is 10.7. The Kier molecular flexibility index (Phi) is 4.46. The van der Waals surface area contributed by atoms with Gasteiger partial charge < -0.3 is 14.8 Å². The highest BCUT2D eigenvalue weighted by Gasteiger charge is 2.15. The Bertz CT molecular complexity index is 370. The Labute approximate surface area is 92.5 Å². The van der Waals surface area contributed by atoms with Gasteiger partial charge in [0.25, 0.3) is 0 Å². The molecule has 0 bridgehead atoms. The van der Waals surface area contributed by atoms with E-state index in [2.05, 4.69) is 10.3 Å². The summed E-state index contributed by atoms with van der Waals surface area (Å²) in [5.74, 6) is 0.506. The number of methoxy groups -OCH3 is 2. The predicted molar refractivity (Wildman–Crippen MR) is 57.8 cm³/mol. The molecule has 0 aliphatic rings. The van der Waals surface area contributed by atoms with Gasteiger partial charge in [0, 0.05) is 25.8 Å². The standard InChI is InChI=1S/C9H13N3O4/c1-15-6-5-10-9-7(12(13)14)3-4-8(11-9)16-2/h3-4H,5-6H2,1-2H3,(H,10,11). The first-order valence-electron chi connectivity index (χ1n) is 4.61. The minimum Gasteiger partial charge on any atom is -0.481 e. The normalized spacial score (nSPS) is 9.88. The topological polar surface area (TPSA) is 86.5 Å². The van der Waals surface area contributed by atoms with Crippen LogP contribution < -0.4 is 10.1 Å². The SMILES string of the molecule is COCCNc1nc(OC)ccc1[N+](=O)[O-]. The molecule has 0 saturated carbocycles. The molecule has 88 valence electrons. The molecule has 7 heteroatoms. The highest BCUT2D eigenvalue weighted by Crippen LogP contribution is 2.24. The molecule has 0 unspecified atom stereocenters. The number of pyridine rings is 1. The third-order valence-electron chi connectivity index (χ3n) is 1.85. The van der Waals surface area contributed by atoms with Crippen LogP contribution in [0.1, 0.15) is 0 Å². The zero-order chi connectivity index (χ0) is 12.0. The maximum atomic E-state index is 10.7. The molecule has 7 nitrogen and oxygen atoms in total. The van der Waals surface area contributed by atoms with Crippen molar-refractivity contribution >= 4 is 11.5 Å². The number of aromatic nitrogens is 1. The summed E-state index contributed by atoms with van der Waals surface area (Å²) in [4.78, 5) is 14.2. The number of rotatable bonds is 6. The lowest BCUT2D eigenvalue weighted by Gasteiger charge is -2.06. The highest BCUT2D eigenvalue weighted by molar-refractivity contribution is 5.56. The van der Waals surface area contributed by atoms with Gasteiger partial charge in [0.15, 0.2) is 0 Å². The van der Waals surface area contributed by atoms with Crippen molar-refractivity contribution < 1.29 is 14.4 Å². The fraction of sp³-hybridized carbons (Fsp3) is 0.444. The first kappa shape index (κ1) is 12.2. The number of anilines is 1. The molecule has 0 spiro atoms. The molecule has 0 aliphatic heterocycles. The van der Waals surface area contributed by atoms with Crippen LogP contribution in [0.5, 0.6) is 5.88 Å². The Morgan fingerprint density at radius 2 is 2.25 bits per heavy atom. The molecule has 1 N–H and O–H groups in total. The zero-order valence-corrected chi connectivity index (χ0v) is 9.10. The minimum absolute atomic E-state index is 0.0862. The van der Waals surface area contributed by atoms with E-state index >= 15 is 0 Å². The summed E-state index contributed by atoms with van der Waals surface area (Å²) in [6.07, 6.45) is 0. The molecule has 1 aromatic rings. The van der Waals surface area contributed by atoms with Crippen molar-refractivity contribution in [3.63, 3.8) is 0 Å². The quantitative estimate of drug-likeness (QED) is 0.444. The van der Waals surface area contributed by atoms with Crippen LogP contribution in [0.2, 0.25) is 0 Å². The highest BCUT2D eigenvalue weighted by atomic mass is 16.6. The largest absolute Gasteiger partial charge is 0.481 e. The molecular formula is C9H13N3O4. The summed E-state index contributed by atoms with van der Waals surface area (Å²) in [5.41, 5.74) is -0.0862. The third kappa shape index (κ3) is 3.06. The number of ether oxygens (including phenoxy) is 2. The van der Waals surface area contributed by atoms with Crippen molar-refractivity contribution in [2.75, 3.05) is 32.7 Å². The van der Waals surface area contributed by atoms with Gasteiger partial charge in [-0.25, -0.2) is 0 Å². The van der Waals surface area contributed by atoms with E-state index in [1.807, 2.05) is 0 Å². The van der Waals surface area contributed by atoms with E-state index in [0.717, 1.165) is 0 Å². The molecule has 16 heavy (non-hydrogen) atoms. The summed E-state index contributed by atoms with van der Waals surface area (Å²) >= 11 is 0. The van der Waals surface area contributed by atoms with Crippen molar-refractivity contribution in [1.29, 1.82) is 0 Å². The van der Waals surface area contributed by atoms with Gasteiger partial charge in [-0.05, 0) is 0 Å². The van der Waals surface area contributed by atoms with Gasteiger partial charge in [-0.15, -0.1) is 0 Å². The smallest absolute Gasteiger partial charge is 0.311 e. The number of nitro groups is 1. The molecule has 1 aromatic heterocycles. The molecule has 0 amide bonds. The minimum atomic E-state index is -0.498. The third-order valence-corrected chi connectivity index (χ3v) is 1.85. The fourth-order valence-electron chi connectivity index (χ4n) is 1.10. The second-order valence-electron chi connectivity index (χ2n) is 2.90. The lowest BCUT2D eigenvalue weighted by atomic mass is 10.4. The molecule has 0 radical (unpaired) electrons. The van der Waals surface area contributed by atoms with E-state index in [-0.39, 0.29) is 11.5 Å². The van der Waals surface area contributed by atoms with Crippen molar-refractivity contribution in [2.45, 2.75) is 0 Å². The van der Waals surface area contributed by atoms with Crippen LogP contribution in [0.4, 0.5) is 11.5 Å². The van der Waals surface area contributed by atoms with Crippen LogP contribution in [0, 0.1) is 10.1 Å². The van der Waals surface area contributed by atoms with Gasteiger partial charge >= 0.3 is 5.69 Å². The van der Waals surface area contributed by atoms with Gasteiger partial charge in [-0.1, -0.05) is 0 Å². The molecular weight excluding hydrogens is 214 g/mol. The van der Waals surface area contributed by atoms with E-state index in [9.17, 15) is 10.1 Å².